The first kappa shape index (κ1) is 13.6. The van der Waals surface area contributed by atoms with Gasteiger partial charge in [0.25, 0.3) is 0 Å². The van der Waals surface area contributed by atoms with E-state index in [1.807, 2.05) is 6.26 Å². The van der Waals surface area contributed by atoms with Crippen LogP contribution in [0.25, 0.3) is 0 Å². The van der Waals surface area contributed by atoms with Crippen molar-refractivity contribution in [3.8, 4) is 0 Å². The van der Waals surface area contributed by atoms with Crippen LogP contribution in [0.4, 0.5) is 0 Å². The molecule has 1 aliphatic rings. The van der Waals surface area contributed by atoms with E-state index in [1.54, 1.807) is 0 Å². The molecule has 0 aliphatic carbocycles. The molecule has 102 valence electrons. The third-order valence-electron chi connectivity index (χ3n) is 3.46. The van der Waals surface area contributed by atoms with Crippen molar-refractivity contribution in [2.45, 2.75) is 58.7 Å². The zero-order valence-corrected chi connectivity index (χ0v) is 12.0. The van der Waals surface area contributed by atoms with Crippen molar-refractivity contribution < 1.29 is 4.42 Å². The minimum absolute atomic E-state index is 0.134. The van der Waals surface area contributed by atoms with Crippen molar-refractivity contribution in [2.24, 2.45) is 0 Å². The molecule has 0 radical (unpaired) electrons. The molecule has 2 heterocycles. The molecule has 0 bridgehead atoms. The van der Waals surface area contributed by atoms with E-state index in [9.17, 15) is 0 Å². The maximum atomic E-state index is 5.61. The molecule has 1 fully saturated rings. The smallest absolute Gasteiger partial charge is 0.122 e. The van der Waals surface area contributed by atoms with Crippen LogP contribution in [0.5, 0.6) is 0 Å². The molecule has 0 saturated carbocycles. The topological polar surface area (TPSA) is 28.4 Å². The molecular formula is C15H26N2O. The van der Waals surface area contributed by atoms with Crippen LogP contribution < -0.4 is 5.32 Å². The molecule has 0 atom stereocenters. The lowest BCUT2D eigenvalue weighted by atomic mass is 10.1. The fraction of sp³-hybridized carbons (Fsp3) is 0.733. The van der Waals surface area contributed by atoms with E-state index >= 15 is 0 Å². The molecule has 1 aliphatic heterocycles. The number of nitrogens with zero attached hydrogens (tertiary/aromatic N) is 1. The Labute approximate surface area is 111 Å². The van der Waals surface area contributed by atoms with Crippen LogP contribution in [0.3, 0.4) is 0 Å². The van der Waals surface area contributed by atoms with E-state index in [0.29, 0.717) is 0 Å². The van der Waals surface area contributed by atoms with Crippen LogP contribution >= 0.6 is 0 Å². The molecule has 2 rings (SSSR count). The lowest BCUT2D eigenvalue weighted by Gasteiger charge is -2.26. The second-order valence-electron chi connectivity index (χ2n) is 6.31. The summed E-state index contributed by atoms with van der Waals surface area (Å²) in [6.45, 7) is 10.9. The van der Waals surface area contributed by atoms with Gasteiger partial charge in [-0.15, -0.1) is 0 Å². The Balaban J connectivity index is 1.90. The third-order valence-corrected chi connectivity index (χ3v) is 3.46. The SMILES string of the molecule is CC(C)(C)NCc1occc1CN1CCCCC1. The van der Waals surface area contributed by atoms with Gasteiger partial charge in [-0.2, -0.15) is 0 Å². The van der Waals surface area contributed by atoms with Gasteiger partial charge in [0.1, 0.15) is 5.76 Å². The van der Waals surface area contributed by atoms with Crippen molar-refractivity contribution >= 4 is 0 Å². The van der Waals surface area contributed by atoms with Crippen molar-refractivity contribution in [2.75, 3.05) is 13.1 Å². The summed E-state index contributed by atoms with van der Waals surface area (Å²) in [5.74, 6) is 1.09. The van der Waals surface area contributed by atoms with Gasteiger partial charge in [-0.1, -0.05) is 6.42 Å². The van der Waals surface area contributed by atoms with Crippen LogP contribution in [0.2, 0.25) is 0 Å². The summed E-state index contributed by atoms with van der Waals surface area (Å²) < 4.78 is 5.61. The molecule has 0 aromatic carbocycles. The number of likely N-dealkylation sites (tertiary alicyclic amines) is 1. The molecule has 1 aromatic heterocycles. The second-order valence-corrected chi connectivity index (χ2v) is 6.31. The Morgan fingerprint density at radius 2 is 1.94 bits per heavy atom. The van der Waals surface area contributed by atoms with E-state index in [0.717, 1.165) is 18.8 Å². The highest BCUT2D eigenvalue weighted by Gasteiger charge is 2.16. The quantitative estimate of drug-likeness (QED) is 0.890. The molecule has 1 N–H and O–H groups in total. The molecule has 3 nitrogen and oxygen atoms in total. The Morgan fingerprint density at radius 3 is 2.61 bits per heavy atom. The normalized spacial score (nSPS) is 18.2. The van der Waals surface area contributed by atoms with Crippen LogP contribution in [0.1, 0.15) is 51.4 Å². The predicted octanol–water partition coefficient (Wildman–Crippen LogP) is 3.15. The van der Waals surface area contributed by atoms with Crippen LogP contribution in [0.15, 0.2) is 16.7 Å². The largest absolute Gasteiger partial charge is 0.468 e. The van der Waals surface area contributed by atoms with E-state index < -0.39 is 0 Å². The standard InChI is InChI=1S/C15H26N2O/c1-15(2,3)16-11-14-13(7-10-18-14)12-17-8-5-4-6-9-17/h7,10,16H,4-6,8-9,11-12H2,1-3H3. The average Bonchev–Trinajstić information content (AvgIpc) is 2.74. The molecule has 1 aromatic rings. The number of nitrogens with one attached hydrogen (secondary N) is 1. The molecule has 18 heavy (non-hydrogen) atoms. The number of hydrogen-bond acceptors (Lipinski definition) is 3. The maximum Gasteiger partial charge on any atom is 0.122 e. The summed E-state index contributed by atoms with van der Waals surface area (Å²) in [6, 6.07) is 2.12. The zero-order chi connectivity index (χ0) is 13.0. The van der Waals surface area contributed by atoms with Crippen LogP contribution in [-0.4, -0.2) is 23.5 Å². The molecule has 1 saturated heterocycles. The summed E-state index contributed by atoms with van der Waals surface area (Å²) in [6.07, 6.45) is 5.89. The zero-order valence-electron chi connectivity index (χ0n) is 12.0. The first-order valence-corrected chi connectivity index (χ1v) is 7.07. The van der Waals surface area contributed by atoms with Gasteiger partial charge in [0.15, 0.2) is 0 Å². The highest BCUT2D eigenvalue weighted by Crippen LogP contribution is 2.17. The summed E-state index contributed by atoms with van der Waals surface area (Å²) in [5, 5.41) is 3.49. The number of piperidine rings is 1. The monoisotopic (exact) mass is 250 g/mol. The first-order chi connectivity index (χ1) is 8.54. The van der Waals surface area contributed by atoms with Crippen molar-refractivity contribution in [1.82, 2.24) is 10.2 Å². The Kier molecular flexibility index (Phi) is 4.46. The third kappa shape index (κ3) is 4.14. The fourth-order valence-corrected chi connectivity index (χ4v) is 2.37. The Bertz CT molecular complexity index is 359. The molecule has 0 amide bonds. The van der Waals surface area contributed by atoms with Gasteiger partial charge >= 0.3 is 0 Å². The lowest BCUT2D eigenvalue weighted by Crippen LogP contribution is -2.35. The number of hydrogen-bond donors (Lipinski definition) is 1. The fourth-order valence-electron chi connectivity index (χ4n) is 2.37. The lowest BCUT2D eigenvalue weighted by molar-refractivity contribution is 0.219. The summed E-state index contributed by atoms with van der Waals surface area (Å²) in [5.41, 5.74) is 1.48. The van der Waals surface area contributed by atoms with Gasteiger partial charge < -0.3 is 9.73 Å². The van der Waals surface area contributed by atoms with Crippen molar-refractivity contribution in [3.05, 3.63) is 23.7 Å². The van der Waals surface area contributed by atoms with Gasteiger partial charge in [0, 0.05) is 17.6 Å². The van der Waals surface area contributed by atoms with E-state index in [4.69, 9.17) is 4.42 Å². The second kappa shape index (κ2) is 5.89. The Morgan fingerprint density at radius 1 is 1.22 bits per heavy atom. The number of furan rings is 1. The average molecular weight is 250 g/mol. The molecule has 3 heteroatoms. The van der Waals surface area contributed by atoms with Crippen molar-refractivity contribution in [3.63, 3.8) is 0 Å². The molecule has 0 spiro atoms. The van der Waals surface area contributed by atoms with Gasteiger partial charge in [0.2, 0.25) is 0 Å². The van der Waals surface area contributed by atoms with Crippen LogP contribution in [-0.2, 0) is 13.1 Å². The van der Waals surface area contributed by atoms with Gasteiger partial charge in [-0.25, -0.2) is 0 Å². The van der Waals surface area contributed by atoms with Crippen molar-refractivity contribution in [1.29, 1.82) is 0 Å². The molecular weight excluding hydrogens is 224 g/mol. The van der Waals surface area contributed by atoms with Gasteiger partial charge in [0.05, 0.1) is 12.8 Å². The van der Waals surface area contributed by atoms with E-state index in [1.165, 1.54) is 37.9 Å². The van der Waals surface area contributed by atoms with E-state index in [-0.39, 0.29) is 5.54 Å². The van der Waals surface area contributed by atoms with E-state index in [2.05, 4.69) is 37.1 Å². The molecule has 0 unspecified atom stereocenters. The minimum atomic E-state index is 0.134. The maximum absolute atomic E-state index is 5.61. The van der Waals surface area contributed by atoms with Gasteiger partial charge in [-0.3, -0.25) is 4.90 Å². The first-order valence-electron chi connectivity index (χ1n) is 7.07. The highest BCUT2D eigenvalue weighted by molar-refractivity contribution is 5.17. The van der Waals surface area contributed by atoms with Gasteiger partial charge in [-0.05, 0) is 52.8 Å². The Hall–Kier alpha value is -0.800. The number of rotatable bonds is 4. The minimum Gasteiger partial charge on any atom is -0.468 e. The summed E-state index contributed by atoms with van der Waals surface area (Å²) in [4.78, 5) is 2.54. The summed E-state index contributed by atoms with van der Waals surface area (Å²) in [7, 11) is 0. The predicted molar refractivity (Wildman–Crippen MR) is 74.4 cm³/mol. The highest BCUT2D eigenvalue weighted by atomic mass is 16.3. The van der Waals surface area contributed by atoms with Crippen LogP contribution in [0, 0.1) is 0 Å². The summed E-state index contributed by atoms with van der Waals surface area (Å²) >= 11 is 0.